The number of nitriles is 1. The summed E-state index contributed by atoms with van der Waals surface area (Å²) < 4.78 is 23.2. The number of nitrogens with one attached hydrogen (secondary N) is 1. The first kappa shape index (κ1) is 23.0. The minimum atomic E-state index is -0.993. The lowest BCUT2D eigenvalue weighted by atomic mass is 9.73. The van der Waals surface area contributed by atoms with Crippen molar-refractivity contribution >= 4 is 22.4 Å². The van der Waals surface area contributed by atoms with Crippen LogP contribution in [0.1, 0.15) is 36.5 Å². The third-order valence-electron chi connectivity index (χ3n) is 7.71. The Morgan fingerprint density at radius 3 is 2.50 bits per heavy atom. The zero-order chi connectivity index (χ0) is 23.9. The molecule has 2 unspecified atom stereocenters. The van der Waals surface area contributed by atoms with Crippen LogP contribution >= 0.6 is 0 Å². The molecular weight excluding hydrogens is 450 g/mol. The molecule has 0 saturated carbocycles. The zero-order valence-corrected chi connectivity index (χ0v) is 20.3. The number of amides is 1. The van der Waals surface area contributed by atoms with E-state index in [1.165, 1.54) is 0 Å². The first-order valence-electron chi connectivity index (χ1n) is 11.6. The summed E-state index contributed by atoms with van der Waals surface area (Å²) in [5, 5.41) is 12.3. The summed E-state index contributed by atoms with van der Waals surface area (Å²) in [7, 11) is -0.993. The van der Waals surface area contributed by atoms with Crippen LogP contribution in [0.15, 0.2) is 42.5 Å². The van der Waals surface area contributed by atoms with Crippen molar-refractivity contribution in [3.05, 3.63) is 59.2 Å². The Morgan fingerprint density at radius 2 is 1.91 bits per heavy atom. The summed E-state index contributed by atoms with van der Waals surface area (Å²) in [4.78, 5) is 15.3. The zero-order valence-electron chi connectivity index (χ0n) is 19.5. The molecule has 2 fully saturated rings. The van der Waals surface area contributed by atoms with Crippen molar-refractivity contribution in [3.8, 4) is 11.8 Å². The molecule has 2 saturated heterocycles. The molecule has 2 atom stereocenters. The molecule has 2 aromatic rings. The number of carbonyl (C=O) groups excluding carboxylic acids is 1. The highest BCUT2D eigenvalue weighted by Gasteiger charge is 2.49. The van der Waals surface area contributed by atoms with Crippen LogP contribution in [-0.2, 0) is 30.5 Å². The largest absolute Gasteiger partial charge is 0.492 e. The van der Waals surface area contributed by atoms with Gasteiger partial charge in [-0.1, -0.05) is 12.1 Å². The highest BCUT2D eigenvalue weighted by atomic mass is 32.2. The Hall–Kier alpha value is -2.73. The minimum absolute atomic E-state index is 0.0453. The van der Waals surface area contributed by atoms with Crippen LogP contribution in [-0.4, -0.2) is 60.2 Å². The normalized spacial score (nSPS) is 22.2. The highest BCUT2D eigenvalue weighted by molar-refractivity contribution is 7.85. The van der Waals surface area contributed by atoms with Crippen LogP contribution in [0.4, 0.5) is 5.69 Å². The molecule has 0 bridgehead atoms. The number of hydrogen-bond acceptors (Lipinski definition) is 6. The highest BCUT2D eigenvalue weighted by Crippen LogP contribution is 2.45. The fourth-order valence-electron chi connectivity index (χ4n) is 5.29. The number of carbonyl (C=O) groups is 1. The maximum Gasteiger partial charge on any atom is 0.235 e. The van der Waals surface area contributed by atoms with Crippen molar-refractivity contribution < 1.29 is 18.5 Å². The van der Waals surface area contributed by atoms with Gasteiger partial charge in [-0.15, -0.1) is 0 Å². The van der Waals surface area contributed by atoms with Gasteiger partial charge in [0.25, 0.3) is 0 Å². The number of anilines is 1. The maximum atomic E-state index is 12.9. The number of hydrogen-bond donors (Lipinski definition) is 1. The van der Waals surface area contributed by atoms with E-state index >= 15 is 0 Å². The molecule has 3 aliphatic rings. The molecule has 5 rings (SSSR count). The summed E-state index contributed by atoms with van der Waals surface area (Å²) in [6, 6.07) is 15.7. The van der Waals surface area contributed by atoms with Crippen molar-refractivity contribution in [1.29, 1.82) is 5.26 Å². The number of fused-ring (bicyclic) bond motifs is 2. The number of rotatable bonds is 6. The molecule has 178 valence electrons. The second-order valence-corrected chi connectivity index (χ2v) is 11.3. The lowest BCUT2D eigenvalue weighted by Gasteiger charge is -2.40. The molecule has 0 radical (unpaired) electrons. The second kappa shape index (κ2) is 8.81. The Morgan fingerprint density at radius 1 is 1.21 bits per heavy atom. The van der Waals surface area contributed by atoms with Gasteiger partial charge in [0.15, 0.2) is 0 Å². The van der Waals surface area contributed by atoms with Crippen LogP contribution in [0.3, 0.4) is 0 Å². The Labute approximate surface area is 202 Å². The lowest BCUT2D eigenvalue weighted by molar-refractivity contribution is -0.122. The van der Waals surface area contributed by atoms with E-state index in [0.29, 0.717) is 25.4 Å². The van der Waals surface area contributed by atoms with Gasteiger partial charge in [0.05, 0.1) is 30.3 Å². The summed E-state index contributed by atoms with van der Waals surface area (Å²) in [5.74, 6) is 0.832. The van der Waals surface area contributed by atoms with Crippen molar-refractivity contribution in [2.45, 2.75) is 36.0 Å². The molecular formula is C26H29N3O4S. The van der Waals surface area contributed by atoms with Gasteiger partial charge >= 0.3 is 0 Å². The van der Waals surface area contributed by atoms with Crippen molar-refractivity contribution in [1.82, 2.24) is 4.90 Å². The van der Waals surface area contributed by atoms with Crippen LogP contribution in [0.2, 0.25) is 0 Å². The Kier molecular flexibility index (Phi) is 5.96. The molecule has 1 N–H and O–H groups in total. The monoisotopic (exact) mass is 479 g/mol. The molecule has 0 aliphatic carbocycles. The molecule has 0 aromatic heterocycles. The van der Waals surface area contributed by atoms with Gasteiger partial charge in [-0.25, -0.2) is 0 Å². The lowest BCUT2D eigenvalue weighted by Crippen LogP contribution is -2.50. The summed E-state index contributed by atoms with van der Waals surface area (Å²) in [6.45, 7) is 5.25. The maximum absolute atomic E-state index is 12.9. The first-order valence-corrected chi connectivity index (χ1v) is 13.2. The SMILES string of the molecule is CC(COc1ccc(C2(S(C)=O)COC2)cc1)N1CCC2(CC1)C(=O)Nc1ccc(C#N)cc12. The van der Waals surface area contributed by atoms with E-state index in [-0.39, 0.29) is 11.9 Å². The number of ether oxygens (including phenoxy) is 2. The van der Waals surface area contributed by atoms with Crippen LogP contribution in [0, 0.1) is 11.3 Å². The van der Waals surface area contributed by atoms with E-state index in [1.807, 2.05) is 36.4 Å². The molecule has 8 heteroatoms. The summed E-state index contributed by atoms with van der Waals surface area (Å²) in [5.41, 5.74) is 2.86. The first-order chi connectivity index (χ1) is 16.4. The van der Waals surface area contributed by atoms with Gasteiger partial charge in [0.1, 0.15) is 17.1 Å². The van der Waals surface area contributed by atoms with Gasteiger partial charge in [-0.2, -0.15) is 5.26 Å². The van der Waals surface area contributed by atoms with Gasteiger partial charge in [-0.05, 0) is 74.3 Å². The van der Waals surface area contributed by atoms with Gasteiger partial charge < -0.3 is 14.8 Å². The predicted molar refractivity (Wildman–Crippen MR) is 130 cm³/mol. The van der Waals surface area contributed by atoms with E-state index in [2.05, 4.69) is 23.2 Å². The third-order valence-corrected chi connectivity index (χ3v) is 9.29. The van der Waals surface area contributed by atoms with E-state index < -0.39 is 21.0 Å². The minimum Gasteiger partial charge on any atom is -0.492 e. The number of likely N-dealkylation sites (tertiary alicyclic amines) is 1. The average molecular weight is 480 g/mol. The summed E-state index contributed by atoms with van der Waals surface area (Å²) >= 11 is 0. The number of piperidine rings is 1. The van der Waals surface area contributed by atoms with E-state index in [1.54, 1.807) is 12.3 Å². The standard InChI is InChI=1S/C26H29N3O4S/c1-18(15-33-21-6-4-20(5-7-21)26(34(2)31)16-32-17-26)29-11-9-25(10-12-29)22-13-19(14-27)3-8-23(22)28-24(25)30/h3-8,13,18H,9-12,15-17H2,1-2H3,(H,28,30). The second-order valence-electron chi connectivity index (χ2n) is 9.57. The molecule has 1 amide bonds. The Bertz CT molecular complexity index is 1160. The molecule has 3 aliphatic heterocycles. The smallest absolute Gasteiger partial charge is 0.235 e. The van der Waals surface area contributed by atoms with Crippen molar-refractivity contribution in [3.63, 3.8) is 0 Å². The molecule has 34 heavy (non-hydrogen) atoms. The fourth-order valence-corrected chi connectivity index (χ4v) is 6.26. The summed E-state index contributed by atoms with van der Waals surface area (Å²) in [6.07, 6.45) is 3.17. The van der Waals surface area contributed by atoms with Gasteiger partial charge in [-0.3, -0.25) is 13.9 Å². The molecule has 7 nitrogen and oxygen atoms in total. The van der Waals surface area contributed by atoms with E-state index in [9.17, 15) is 14.3 Å². The van der Waals surface area contributed by atoms with E-state index in [4.69, 9.17) is 9.47 Å². The van der Waals surface area contributed by atoms with Gasteiger partial charge in [0, 0.05) is 28.8 Å². The predicted octanol–water partition coefficient (Wildman–Crippen LogP) is 2.92. The molecule has 1 spiro atoms. The number of nitrogens with zero attached hydrogens (tertiary/aromatic N) is 2. The molecule has 3 heterocycles. The van der Waals surface area contributed by atoms with Crippen molar-refractivity contribution in [2.24, 2.45) is 0 Å². The van der Waals surface area contributed by atoms with Crippen LogP contribution < -0.4 is 10.1 Å². The van der Waals surface area contributed by atoms with Gasteiger partial charge in [0.2, 0.25) is 5.91 Å². The van der Waals surface area contributed by atoms with E-state index in [0.717, 1.165) is 48.5 Å². The Balaban J connectivity index is 1.19. The topological polar surface area (TPSA) is 91.7 Å². The average Bonchev–Trinajstić information content (AvgIpc) is 3.08. The third kappa shape index (κ3) is 3.72. The van der Waals surface area contributed by atoms with Crippen molar-refractivity contribution in [2.75, 3.05) is 44.5 Å². The number of benzene rings is 2. The fraction of sp³-hybridized carbons (Fsp3) is 0.462. The van der Waals surface area contributed by atoms with Crippen LogP contribution in [0.5, 0.6) is 5.75 Å². The van der Waals surface area contributed by atoms with Crippen LogP contribution in [0.25, 0.3) is 0 Å². The quantitative estimate of drug-likeness (QED) is 0.685. The molecule has 2 aromatic carbocycles.